The lowest BCUT2D eigenvalue weighted by atomic mass is 10.1. The molecule has 1 aliphatic carbocycles. The van der Waals surface area contributed by atoms with Crippen LogP contribution in [0.4, 0.5) is 0 Å². The van der Waals surface area contributed by atoms with Gasteiger partial charge in [-0.05, 0) is 31.4 Å². The van der Waals surface area contributed by atoms with Crippen LogP contribution >= 0.6 is 0 Å². The Balaban J connectivity index is 1.67. The molecule has 2 unspecified atom stereocenters. The highest BCUT2D eigenvalue weighted by Gasteiger charge is 2.36. The van der Waals surface area contributed by atoms with E-state index in [1.165, 1.54) is 5.56 Å². The summed E-state index contributed by atoms with van der Waals surface area (Å²) >= 11 is 0. The lowest BCUT2D eigenvalue weighted by Gasteiger charge is -2.40. The molecule has 3 nitrogen and oxygen atoms in total. The minimum absolute atomic E-state index is 0.284. The SMILES string of the molecule is CC(C)N1CCN(C2Cc3ccccc3C2O)CC1. The summed E-state index contributed by atoms with van der Waals surface area (Å²) in [6.45, 7) is 8.92. The standard InChI is InChI=1S/C16H24N2O/c1-12(2)17-7-9-18(10-8-17)15-11-13-5-3-4-6-14(13)16(15)19/h3-6,12,15-16,19H,7-11H2,1-2H3. The topological polar surface area (TPSA) is 26.7 Å². The van der Waals surface area contributed by atoms with Crippen molar-refractivity contribution in [3.05, 3.63) is 35.4 Å². The summed E-state index contributed by atoms with van der Waals surface area (Å²) in [7, 11) is 0. The molecule has 1 saturated heterocycles. The Bertz CT molecular complexity index is 438. The van der Waals surface area contributed by atoms with E-state index in [0.29, 0.717) is 6.04 Å². The molecule has 1 N–H and O–H groups in total. The van der Waals surface area contributed by atoms with Crippen molar-refractivity contribution in [1.82, 2.24) is 9.80 Å². The van der Waals surface area contributed by atoms with E-state index in [1.54, 1.807) is 0 Å². The van der Waals surface area contributed by atoms with Crippen molar-refractivity contribution in [2.45, 2.75) is 38.5 Å². The summed E-state index contributed by atoms with van der Waals surface area (Å²) in [6.07, 6.45) is 0.695. The van der Waals surface area contributed by atoms with Crippen LogP contribution in [-0.4, -0.2) is 53.2 Å². The number of aliphatic hydroxyl groups is 1. The molecule has 0 radical (unpaired) electrons. The smallest absolute Gasteiger partial charge is 0.0951 e. The molecule has 0 saturated carbocycles. The molecule has 19 heavy (non-hydrogen) atoms. The fourth-order valence-corrected chi connectivity index (χ4v) is 3.47. The predicted octanol–water partition coefficient (Wildman–Crippen LogP) is 1.67. The van der Waals surface area contributed by atoms with Gasteiger partial charge in [-0.2, -0.15) is 0 Å². The molecule has 0 amide bonds. The highest BCUT2D eigenvalue weighted by atomic mass is 16.3. The molecule has 1 heterocycles. The lowest BCUT2D eigenvalue weighted by Crippen LogP contribution is -2.53. The van der Waals surface area contributed by atoms with E-state index in [0.717, 1.165) is 38.2 Å². The van der Waals surface area contributed by atoms with E-state index in [4.69, 9.17) is 0 Å². The van der Waals surface area contributed by atoms with Gasteiger partial charge in [0.1, 0.15) is 0 Å². The van der Waals surface area contributed by atoms with Crippen LogP contribution in [0.2, 0.25) is 0 Å². The number of rotatable bonds is 2. The highest BCUT2D eigenvalue weighted by Crippen LogP contribution is 2.34. The van der Waals surface area contributed by atoms with Gasteiger partial charge in [0, 0.05) is 38.3 Å². The highest BCUT2D eigenvalue weighted by molar-refractivity contribution is 5.35. The summed E-state index contributed by atoms with van der Waals surface area (Å²) in [5, 5.41) is 10.5. The van der Waals surface area contributed by atoms with Crippen LogP contribution < -0.4 is 0 Å². The Morgan fingerprint density at radius 3 is 2.42 bits per heavy atom. The quantitative estimate of drug-likeness (QED) is 0.876. The molecular formula is C16H24N2O. The fourth-order valence-electron chi connectivity index (χ4n) is 3.47. The van der Waals surface area contributed by atoms with Gasteiger partial charge < -0.3 is 5.11 Å². The van der Waals surface area contributed by atoms with Gasteiger partial charge in [0.05, 0.1) is 6.10 Å². The summed E-state index contributed by atoms with van der Waals surface area (Å²) in [6, 6.07) is 9.25. The first kappa shape index (κ1) is 13.1. The number of piperazine rings is 1. The molecule has 2 aliphatic rings. The molecular weight excluding hydrogens is 236 g/mol. The molecule has 0 bridgehead atoms. The van der Waals surface area contributed by atoms with Gasteiger partial charge in [-0.3, -0.25) is 9.80 Å². The number of fused-ring (bicyclic) bond motifs is 1. The zero-order valence-electron chi connectivity index (χ0n) is 11.9. The molecule has 1 fully saturated rings. The average molecular weight is 260 g/mol. The van der Waals surface area contributed by atoms with Gasteiger partial charge in [-0.25, -0.2) is 0 Å². The minimum atomic E-state index is -0.304. The maximum Gasteiger partial charge on any atom is 0.0951 e. The van der Waals surface area contributed by atoms with Crippen molar-refractivity contribution < 1.29 is 5.11 Å². The van der Waals surface area contributed by atoms with Crippen molar-refractivity contribution >= 4 is 0 Å². The van der Waals surface area contributed by atoms with Crippen molar-refractivity contribution in [2.75, 3.05) is 26.2 Å². The van der Waals surface area contributed by atoms with Gasteiger partial charge >= 0.3 is 0 Å². The van der Waals surface area contributed by atoms with E-state index in [-0.39, 0.29) is 12.1 Å². The third-order valence-corrected chi connectivity index (χ3v) is 4.72. The van der Waals surface area contributed by atoms with E-state index in [1.807, 2.05) is 6.07 Å². The first-order valence-electron chi connectivity index (χ1n) is 7.41. The summed E-state index contributed by atoms with van der Waals surface area (Å²) < 4.78 is 0. The van der Waals surface area contributed by atoms with Crippen molar-refractivity contribution in [1.29, 1.82) is 0 Å². The Morgan fingerprint density at radius 2 is 1.79 bits per heavy atom. The van der Waals surface area contributed by atoms with Gasteiger partial charge in [-0.15, -0.1) is 0 Å². The van der Waals surface area contributed by atoms with Crippen LogP contribution in [0, 0.1) is 0 Å². The van der Waals surface area contributed by atoms with Crippen LogP contribution in [0.1, 0.15) is 31.1 Å². The molecule has 1 aliphatic heterocycles. The van der Waals surface area contributed by atoms with Crippen LogP contribution in [0.25, 0.3) is 0 Å². The van der Waals surface area contributed by atoms with Crippen LogP contribution in [0.3, 0.4) is 0 Å². The molecule has 0 spiro atoms. The number of hydrogen-bond donors (Lipinski definition) is 1. The third kappa shape index (κ3) is 2.42. The molecule has 1 aromatic rings. The van der Waals surface area contributed by atoms with E-state index >= 15 is 0 Å². The molecule has 0 aromatic heterocycles. The van der Waals surface area contributed by atoms with E-state index in [9.17, 15) is 5.11 Å². The van der Waals surface area contributed by atoms with Gasteiger partial charge in [0.15, 0.2) is 0 Å². The maximum atomic E-state index is 10.5. The third-order valence-electron chi connectivity index (χ3n) is 4.72. The Morgan fingerprint density at radius 1 is 1.11 bits per heavy atom. The zero-order valence-corrected chi connectivity index (χ0v) is 11.9. The van der Waals surface area contributed by atoms with Gasteiger partial charge in [-0.1, -0.05) is 24.3 Å². The van der Waals surface area contributed by atoms with Gasteiger partial charge in [0.25, 0.3) is 0 Å². The second kappa shape index (κ2) is 5.23. The monoisotopic (exact) mass is 260 g/mol. The molecule has 3 rings (SSSR count). The summed E-state index contributed by atoms with van der Waals surface area (Å²) in [5.41, 5.74) is 2.46. The number of nitrogens with zero attached hydrogens (tertiary/aromatic N) is 2. The second-order valence-electron chi connectivity index (χ2n) is 6.08. The molecule has 1 aromatic carbocycles. The molecule has 3 heteroatoms. The molecule has 104 valence electrons. The molecule has 2 atom stereocenters. The Kier molecular flexibility index (Phi) is 3.61. The number of benzene rings is 1. The average Bonchev–Trinajstić information content (AvgIpc) is 2.77. The minimum Gasteiger partial charge on any atom is -0.387 e. The van der Waals surface area contributed by atoms with Crippen LogP contribution in [0.15, 0.2) is 24.3 Å². The lowest BCUT2D eigenvalue weighted by molar-refractivity contribution is 0.0206. The summed E-state index contributed by atoms with van der Waals surface area (Å²) in [5.74, 6) is 0. The first-order valence-corrected chi connectivity index (χ1v) is 7.41. The number of aliphatic hydroxyl groups excluding tert-OH is 1. The van der Waals surface area contributed by atoms with Gasteiger partial charge in [0.2, 0.25) is 0 Å². The fraction of sp³-hybridized carbons (Fsp3) is 0.625. The van der Waals surface area contributed by atoms with Crippen LogP contribution in [-0.2, 0) is 6.42 Å². The predicted molar refractivity (Wildman–Crippen MR) is 77.2 cm³/mol. The van der Waals surface area contributed by atoms with Crippen molar-refractivity contribution in [3.8, 4) is 0 Å². The van der Waals surface area contributed by atoms with Crippen molar-refractivity contribution in [3.63, 3.8) is 0 Å². The summed E-state index contributed by atoms with van der Waals surface area (Å²) in [4.78, 5) is 4.99. The first-order chi connectivity index (χ1) is 9.16. The largest absolute Gasteiger partial charge is 0.387 e. The maximum absolute atomic E-state index is 10.5. The van der Waals surface area contributed by atoms with E-state index in [2.05, 4.69) is 41.8 Å². The normalized spacial score (nSPS) is 28.8. The second-order valence-corrected chi connectivity index (χ2v) is 6.08. The zero-order chi connectivity index (χ0) is 13.4. The Labute approximate surface area is 115 Å². The van der Waals surface area contributed by atoms with E-state index < -0.39 is 0 Å². The number of hydrogen-bond acceptors (Lipinski definition) is 3. The van der Waals surface area contributed by atoms with Crippen molar-refractivity contribution in [2.24, 2.45) is 0 Å². The Hall–Kier alpha value is -0.900. The van der Waals surface area contributed by atoms with Crippen LogP contribution in [0.5, 0.6) is 0 Å².